The number of aliphatic hydroxyl groups excluding tert-OH is 1. The van der Waals surface area contributed by atoms with Crippen LogP contribution < -0.4 is 5.32 Å². The molecule has 90 valence electrons. The van der Waals surface area contributed by atoms with Gasteiger partial charge in [0.25, 0.3) is 0 Å². The van der Waals surface area contributed by atoms with Gasteiger partial charge in [-0.25, -0.2) is 0 Å². The fourth-order valence-corrected chi connectivity index (χ4v) is 2.39. The Bertz CT molecular complexity index is 379. The van der Waals surface area contributed by atoms with Crippen molar-refractivity contribution >= 4 is 11.6 Å². The zero-order valence-electron chi connectivity index (χ0n) is 9.76. The van der Waals surface area contributed by atoms with Gasteiger partial charge in [-0.2, -0.15) is 5.10 Å². The van der Waals surface area contributed by atoms with Crippen LogP contribution in [0.15, 0.2) is 0 Å². The summed E-state index contributed by atoms with van der Waals surface area (Å²) < 4.78 is 1.68. The van der Waals surface area contributed by atoms with Crippen molar-refractivity contribution in [3.05, 3.63) is 16.4 Å². The molecule has 1 aromatic heterocycles. The van der Waals surface area contributed by atoms with Crippen LogP contribution in [0.1, 0.15) is 30.5 Å². The van der Waals surface area contributed by atoms with Gasteiger partial charge in [0.05, 0.1) is 12.3 Å². The lowest BCUT2D eigenvalue weighted by atomic mass is 9.77. The normalized spacial score (nSPS) is 18.5. The quantitative estimate of drug-likeness (QED) is 0.840. The van der Waals surface area contributed by atoms with Crippen LogP contribution in [-0.4, -0.2) is 27.0 Å². The van der Waals surface area contributed by atoms with Crippen LogP contribution >= 0.6 is 11.6 Å². The maximum atomic E-state index is 9.34. The van der Waals surface area contributed by atoms with Crippen LogP contribution in [0, 0.1) is 6.92 Å². The van der Waals surface area contributed by atoms with Gasteiger partial charge in [-0.3, -0.25) is 4.68 Å². The van der Waals surface area contributed by atoms with E-state index in [1.807, 2.05) is 14.0 Å². The van der Waals surface area contributed by atoms with Crippen molar-refractivity contribution in [3.63, 3.8) is 0 Å². The summed E-state index contributed by atoms with van der Waals surface area (Å²) in [5.74, 6) is 0. The van der Waals surface area contributed by atoms with Crippen LogP contribution in [0.4, 0.5) is 0 Å². The summed E-state index contributed by atoms with van der Waals surface area (Å²) in [6, 6.07) is 0. The maximum absolute atomic E-state index is 9.34. The number of halogens is 1. The van der Waals surface area contributed by atoms with Gasteiger partial charge < -0.3 is 10.4 Å². The number of nitrogens with one attached hydrogen (secondary N) is 1. The van der Waals surface area contributed by atoms with Crippen molar-refractivity contribution in [1.29, 1.82) is 0 Å². The molecule has 0 atom stereocenters. The summed E-state index contributed by atoms with van der Waals surface area (Å²) in [6.45, 7) is 2.83. The molecular formula is C11H18ClN3O. The number of aliphatic hydroxyl groups is 1. The van der Waals surface area contributed by atoms with E-state index in [9.17, 15) is 5.11 Å². The molecule has 0 radical (unpaired) electrons. The molecule has 0 spiro atoms. The van der Waals surface area contributed by atoms with E-state index in [0.717, 1.165) is 24.1 Å². The summed E-state index contributed by atoms with van der Waals surface area (Å²) in [7, 11) is 1.84. The third-order valence-electron chi connectivity index (χ3n) is 3.52. The molecule has 4 nitrogen and oxygen atoms in total. The van der Waals surface area contributed by atoms with Gasteiger partial charge >= 0.3 is 0 Å². The Balaban J connectivity index is 2.04. The zero-order chi connectivity index (χ0) is 11.8. The van der Waals surface area contributed by atoms with Crippen LogP contribution in [0.5, 0.6) is 0 Å². The van der Waals surface area contributed by atoms with E-state index in [1.54, 1.807) is 4.68 Å². The fourth-order valence-electron chi connectivity index (χ4n) is 2.14. The first-order valence-corrected chi connectivity index (χ1v) is 6.00. The monoisotopic (exact) mass is 243 g/mol. The second kappa shape index (κ2) is 4.35. The first-order chi connectivity index (χ1) is 7.58. The Kier molecular flexibility index (Phi) is 3.24. The molecule has 0 unspecified atom stereocenters. The van der Waals surface area contributed by atoms with Gasteiger partial charge in [-0.05, 0) is 26.2 Å². The van der Waals surface area contributed by atoms with Crippen LogP contribution in [0.2, 0.25) is 5.15 Å². The van der Waals surface area contributed by atoms with Crippen LogP contribution in [-0.2, 0) is 13.6 Å². The molecule has 1 aliphatic rings. The van der Waals surface area contributed by atoms with Gasteiger partial charge in [0.1, 0.15) is 5.15 Å². The van der Waals surface area contributed by atoms with Gasteiger partial charge in [0.15, 0.2) is 0 Å². The van der Waals surface area contributed by atoms with E-state index in [0.29, 0.717) is 11.7 Å². The molecule has 2 rings (SSSR count). The molecule has 0 aliphatic heterocycles. The molecule has 1 saturated carbocycles. The van der Waals surface area contributed by atoms with Gasteiger partial charge in [0, 0.05) is 24.7 Å². The van der Waals surface area contributed by atoms with Crippen LogP contribution in [0.25, 0.3) is 0 Å². The Morgan fingerprint density at radius 2 is 2.25 bits per heavy atom. The van der Waals surface area contributed by atoms with E-state index in [1.165, 1.54) is 6.42 Å². The average molecular weight is 244 g/mol. The van der Waals surface area contributed by atoms with Crippen molar-refractivity contribution in [1.82, 2.24) is 15.1 Å². The van der Waals surface area contributed by atoms with E-state index < -0.39 is 0 Å². The molecule has 1 fully saturated rings. The SMILES string of the molecule is Cc1nn(C)c(Cl)c1CNC1(CO)CCC1. The molecule has 0 saturated heterocycles. The third kappa shape index (κ3) is 1.97. The van der Waals surface area contributed by atoms with Gasteiger partial charge in [0.2, 0.25) is 0 Å². The molecular weight excluding hydrogens is 226 g/mol. The van der Waals surface area contributed by atoms with Crippen molar-refractivity contribution in [2.75, 3.05) is 6.61 Å². The Morgan fingerprint density at radius 3 is 2.62 bits per heavy atom. The summed E-state index contributed by atoms with van der Waals surface area (Å²) in [5.41, 5.74) is 1.90. The predicted octanol–water partition coefficient (Wildman–Crippen LogP) is 1.39. The number of aromatic nitrogens is 2. The minimum Gasteiger partial charge on any atom is -0.394 e. The standard InChI is InChI=1S/C11H18ClN3O/c1-8-9(10(12)15(2)14-8)6-13-11(7-16)4-3-5-11/h13,16H,3-7H2,1-2H3. The summed E-state index contributed by atoms with van der Waals surface area (Å²) in [6.07, 6.45) is 3.27. The Hall–Kier alpha value is -0.580. The van der Waals surface area contributed by atoms with Crippen molar-refractivity contribution in [2.45, 2.75) is 38.3 Å². The minimum absolute atomic E-state index is 0.0778. The second-order valence-electron chi connectivity index (χ2n) is 4.62. The van der Waals surface area contributed by atoms with E-state index in [-0.39, 0.29) is 12.1 Å². The second-order valence-corrected chi connectivity index (χ2v) is 4.98. The lowest BCUT2D eigenvalue weighted by Gasteiger charge is -2.41. The largest absolute Gasteiger partial charge is 0.394 e. The highest BCUT2D eigenvalue weighted by Gasteiger charge is 2.35. The van der Waals surface area contributed by atoms with Gasteiger partial charge in [-0.1, -0.05) is 11.6 Å². The highest BCUT2D eigenvalue weighted by atomic mass is 35.5. The van der Waals surface area contributed by atoms with Gasteiger partial charge in [-0.15, -0.1) is 0 Å². The summed E-state index contributed by atoms with van der Waals surface area (Å²) in [4.78, 5) is 0. The molecule has 1 aromatic rings. The highest BCUT2D eigenvalue weighted by Crippen LogP contribution is 2.32. The molecule has 16 heavy (non-hydrogen) atoms. The number of hydrogen-bond donors (Lipinski definition) is 2. The topological polar surface area (TPSA) is 50.1 Å². The molecule has 0 amide bonds. The van der Waals surface area contributed by atoms with Crippen molar-refractivity contribution in [3.8, 4) is 0 Å². The Morgan fingerprint density at radius 1 is 1.56 bits per heavy atom. The molecule has 0 bridgehead atoms. The smallest absolute Gasteiger partial charge is 0.131 e. The van der Waals surface area contributed by atoms with E-state index >= 15 is 0 Å². The molecule has 1 aliphatic carbocycles. The lowest BCUT2D eigenvalue weighted by Crippen LogP contribution is -2.53. The fraction of sp³-hybridized carbons (Fsp3) is 0.727. The van der Waals surface area contributed by atoms with E-state index in [4.69, 9.17) is 11.6 Å². The minimum atomic E-state index is -0.0778. The maximum Gasteiger partial charge on any atom is 0.131 e. The molecule has 1 heterocycles. The lowest BCUT2D eigenvalue weighted by molar-refractivity contribution is 0.0871. The number of rotatable bonds is 4. The number of aryl methyl sites for hydroxylation is 2. The van der Waals surface area contributed by atoms with Crippen molar-refractivity contribution < 1.29 is 5.11 Å². The first kappa shape index (κ1) is 11.9. The number of hydrogen-bond acceptors (Lipinski definition) is 3. The first-order valence-electron chi connectivity index (χ1n) is 5.62. The zero-order valence-corrected chi connectivity index (χ0v) is 10.5. The Labute approximate surface area is 101 Å². The third-order valence-corrected chi connectivity index (χ3v) is 4.00. The predicted molar refractivity (Wildman–Crippen MR) is 63.5 cm³/mol. The number of nitrogens with zero attached hydrogens (tertiary/aromatic N) is 2. The van der Waals surface area contributed by atoms with E-state index in [2.05, 4.69) is 10.4 Å². The molecule has 0 aromatic carbocycles. The highest BCUT2D eigenvalue weighted by molar-refractivity contribution is 6.30. The summed E-state index contributed by atoms with van der Waals surface area (Å²) in [5, 5.41) is 17.7. The molecule has 2 N–H and O–H groups in total. The summed E-state index contributed by atoms with van der Waals surface area (Å²) >= 11 is 6.15. The average Bonchev–Trinajstić information content (AvgIpc) is 2.43. The van der Waals surface area contributed by atoms with Crippen molar-refractivity contribution in [2.24, 2.45) is 7.05 Å². The van der Waals surface area contributed by atoms with Crippen LogP contribution in [0.3, 0.4) is 0 Å². The molecule has 5 heteroatoms.